The molecule has 0 amide bonds. The van der Waals surface area contributed by atoms with E-state index in [4.69, 9.17) is 0 Å². The van der Waals surface area contributed by atoms with Gasteiger partial charge in [-0.25, -0.2) is 0 Å². The van der Waals surface area contributed by atoms with Crippen LogP contribution in [0.3, 0.4) is 0 Å². The highest BCUT2D eigenvalue weighted by molar-refractivity contribution is 5.75. The molecule has 58 heavy (non-hydrogen) atoms. The number of hydrogen-bond donors (Lipinski definition) is 0. The van der Waals surface area contributed by atoms with Crippen molar-refractivity contribution in [3.05, 3.63) is 140 Å². The standard InChI is InChI=1S/C48H58.C6H14.C4H8/c1-7-12-33(2)13-8-20-46-42-18-11-16-37(42)29-39-30-48(26-25-44(39)46)31-40(47(5,6)32-48)23-21-34(3)14-9-19-45-41-17-10-15-36(41)28-38-27-35(4)22-24-43(38)45;1-5-6(2,3)4;1-4(2)3/h10-11,13-14,17-18,22,24-26,28-29,40H,4,7-9,12,15-16,19-21,23,27,30-32H2,1-3,5-6H3;5H2,1-4H3;1H2,2-3H3/b33-13+,34-14+;;. The van der Waals surface area contributed by atoms with E-state index in [0.717, 1.165) is 50.9 Å². The third kappa shape index (κ3) is 11.8. The van der Waals surface area contributed by atoms with Crippen LogP contribution in [0.25, 0.3) is 24.3 Å². The summed E-state index contributed by atoms with van der Waals surface area (Å²) in [4.78, 5) is 0. The summed E-state index contributed by atoms with van der Waals surface area (Å²) in [5.41, 5.74) is 22.1. The molecule has 0 radical (unpaired) electrons. The molecule has 0 N–H and O–H groups in total. The summed E-state index contributed by atoms with van der Waals surface area (Å²) in [5, 5.41) is 0. The molecular formula is C58H80. The SMILES string of the molecule is C=C(C)C.C=C1C=Cc2c(cc3c(c2CC/C=C(\C)CCC2CC4(C=Cc5c(cc6c(c5CC/C=C(\C)CCC)C=CC6)C4)CC2(C)C)C=CC3)C1.CCC(C)(C)C. The van der Waals surface area contributed by atoms with Crippen LogP contribution in [0.2, 0.25) is 0 Å². The van der Waals surface area contributed by atoms with Crippen LogP contribution >= 0.6 is 0 Å². The average molecular weight is 777 g/mol. The lowest BCUT2D eigenvalue weighted by molar-refractivity contribution is 0.242. The highest BCUT2D eigenvalue weighted by atomic mass is 14.5. The van der Waals surface area contributed by atoms with Gasteiger partial charge >= 0.3 is 0 Å². The Balaban J connectivity index is 0.000000574. The van der Waals surface area contributed by atoms with Crippen molar-refractivity contribution >= 4 is 24.3 Å². The number of hydrogen-bond acceptors (Lipinski definition) is 0. The van der Waals surface area contributed by atoms with E-state index >= 15 is 0 Å². The van der Waals surface area contributed by atoms with Crippen molar-refractivity contribution in [1.29, 1.82) is 0 Å². The summed E-state index contributed by atoms with van der Waals surface area (Å²) < 4.78 is 0. The van der Waals surface area contributed by atoms with Gasteiger partial charge in [-0.15, -0.1) is 6.58 Å². The minimum absolute atomic E-state index is 0.313. The van der Waals surface area contributed by atoms with Crippen LogP contribution in [-0.4, -0.2) is 0 Å². The van der Waals surface area contributed by atoms with Crippen LogP contribution in [0, 0.1) is 22.2 Å². The van der Waals surface area contributed by atoms with Gasteiger partial charge in [0.25, 0.3) is 0 Å². The second-order valence-corrected chi connectivity index (χ2v) is 20.9. The molecule has 0 bridgehead atoms. The maximum atomic E-state index is 4.24. The van der Waals surface area contributed by atoms with Crippen LogP contribution in [0.4, 0.5) is 0 Å². The molecule has 0 saturated heterocycles. The van der Waals surface area contributed by atoms with E-state index in [2.05, 4.69) is 148 Å². The molecule has 0 aromatic heterocycles. The maximum absolute atomic E-state index is 4.24. The Morgan fingerprint density at radius 2 is 1.26 bits per heavy atom. The van der Waals surface area contributed by atoms with E-state index in [9.17, 15) is 0 Å². The third-order valence-electron chi connectivity index (χ3n) is 13.6. The Morgan fingerprint density at radius 1 is 0.741 bits per heavy atom. The van der Waals surface area contributed by atoms with Gasteiger partial charge in [-0.3, -0.25) is 0 Å². The molecule has 1 saturated carbocycles. The first kappa shape index (κ1) is 45.4. The topological polar surface area (TPSA) is 0 Å². The molecule has 2 aromatic rings. The molecule has 1 spiro atoms. The fraction of sp³-hybridized carbons (Fsp3) is 0.517. The first-order valence-corrected chi connectivity index (χ1v) is 23.1. The Morgan fingerprint density at radius 3 is 1.81 bits per heavy atom. The molecule has 2 atom stereocenters. The lowest BCUT2D eigenvalue weighted by Crippen LogP contribution is -2.23. The van der Waals surface area contributed by atoms with Gasteiger partial charge in [0, 0.05) is 0 Å². The highest BCUT2D eigenvalue weighted by Gasteiger charge is 2.49. The summed E-state index contributed by atoms with van der Waals surface area (Å²) in [6, 6.07) is 5.03. The second-order valence-electron chi connectivity index (χ2n) is 20.9. The van der Waals surface area contributed by atoms with Crippen molar-refractivity contribution in [2.24, 2.45) is 22.2 Å². The van der Waals surface area contributed by atoms with Crippen LogP contribution in [0.5, 0.6) is 0 Å². The van der Waals surface area contributed by atoms with Gasteiger partial charge in [0.05, 0.1) is 0 Å². The largest absolute Gasteiger partial charge is 0.100 e. The van der Waals surface area contributed by atoms with Crippen LogP contribution in [0.1, 0.15) is 190 Å². The molecule has 0 heteroatoms. The third-order valence-corrected chi connectivity index (χ3v) is 13.6. The molecule has 2 aromatic carbocycles. The number of allylic oxidation sites excluding steroid dienone is 10. The number of rotatable bonds is 11. The molecule has 0 aliphatic heterocycles. The van der Waals surface area contributed by atoms with Gasteiger partial charge in [-0.2, -0.15) is 0 Å². The zero-order valence-corrected chi connectivity index (χ0v) is 39.0. The Kier molecular flexibility index (Phi) is 15.4. The predicted molar refractivity (Wildman–Crippen MR) is 260 cm³/mol. The molecule has 0 heterocycles. The highest BCUT2D eigenvalue weighted by Crippen LogP contribution is 2.58. The quantitative estimate of drug-likeness (QED) is 0.199. The zero-order chi connectivity index (χ0) is 42.3. The van der Waals surface area contributed by atoms with Crippen molar-refractivity contribution < 1.29 is 0 Å². The summed E-state index contributed by atoms with van der Waals surface area (Å²) >= 11 is 0. The Hall–Kier alpha value is -3.64. The zero-order valence-electron chi connectivity index (χ0n) is 39.0. The molecule has 5 aliphatic rings. The van der Waals surface area contributed by atoms with Crippen molar-refractivity contribution in [3.63, 3.8) is 0 Å². The van der Waals surface area contributed by atoms with Crippen LogP contribution in [0.15, 0.2) is 84.0 Å². The lowest BCUT2D eigenvalue weighted by atomic mass is 9.71. The monoisotopic (exact) mass is 777 g/mol. The molecule has 1 fully saturated rings. The number of benzene rings is 2. The lowest BCUT2D eigenvalue weighted by Gasteiger charge is -2.33. The van der Waals surface area contributed by atoms with Gasteiger partial charge < -0.3 is 0 Å². The van der Waals surface area contributed by atoms with Crippen molar-refractivity contribution in [2.75, 3.05) is 0 Å². The second kappa shape index (κ2) is 19.6. The summed E-state index contributed by atoms with van der Waals surface area (Å²) in [6.07, 6.45) is 42.2. The number of fused-ring (bicyclic) bond motifs is 4. The average Bonchev–Trinajstić information content (AvgIpc) is 3.87. The minimum Gasteiger partial charge on any atom is -0.100 e. The molecular weight excluding hydrogens is 697 g/mol. The van der Waals surface area contributed by atoms with E-state index in [0.29, 0.717) is 16.2 Å². The Bertz CT molecular complexity index is 1990. The predicted octanol–water partition coefficient (Wildman–Crippen LogP) is 17.0. The summed E-state index contributed by atoms with van der Waals surface area (Å²) in [5.74, 6) is 0.766. The fourth-order valence-corrected chi connectivity index (χ4v) is 10.2. The summed E-state index contributed by atoms with van der Waals surface area (Å²) in [7, 11) is 0. The summed E-state index contributed by atoms with van der Waals surface area (Å²) in [6.45, 7) is 32.8. The van der Waals surface area contributed by atoms with Crippen LogP contribution < -0.4 is 0 Å². The smallest absolute Gasteiger partial charge is 0.00255 e. The molecule has 7 rings (SSSR count). The van der Waals surface area contributed by atoms with Crippen molar-refractivity contribution in [2.45, 2.75) is 172 Å². The van der Waals surface area contributed by atoms with Gasteiger partial charge in [0.15, 0.2) is 0 Å². The molecule has 2 unspecified atom stereocenters. The van der Waals surface area contributed by atoms with E-state index in [1.807, 2.05) is 13.8 Å². The van der Waals surface area contributed by atoms with E-state index in [1.165, 1.54) is 90.3 Å². The van der Waals surface area contributed by atoms with E-state index < -0.39 is 0 Å². The fourth-order valence-electron chi connectivity index (χ4n) is 10.2. The van der Waals surface area contributed by atoms with Crippen molar-refractivity contribution in [3.8, 4) is 0 Å². The van der Waals surface area contributed by atoms with E-state index in [-0.39, 0.29) is 0 Å². The first-order valence-electron chi connectivity index (χ1n) is 23.1. The van der Waals surface area contributed by atoms with Gasteiger partial charge in [-0.1, -0.05) is 163 Å². The van der Waals surface area contributed by atoms with Crippen molar-refractivity contribution in [1.82, 2.24) is 0 Å². The maximum Gasteiger partial charge on any atom is -0.00255 e. The normalized spacial score (nSPS) is 20.9. The first-order chi connectivity index (χ1) is 27.4. The molecule has 0 nitrogen and oxygen atoms in total. The minimum atomic E-state index is 0.313. The molecule has 5 aliphatic carbocycles. The van der Waals surface area contributed by atoms with E-state index in [1.54, 1.807) is 39.0 Å². The Labute approximate surface area is 357 Å². The van der Waals surface area contributed by atoms with Gasteiger partial charge in [0.2, 0.25) is 0 Å². The van der Waals surface area contributed by atoms with Crippen LogP contribution in [-0.2, 0) is 38.5 Å². The van der Waals surface area contributed by atoms with Gasteiger partial charge in [0.1, 0.15) is 0 Å². The van der Waals surface area contributed by atoms with Gasteiger partial charge in [-0.05, 0) is 189 Å². The molecule has 312 valence electrons.